The Kier molecular flexibility index (Phi) is 4.03. The van der Waals surface area contributed by atoms with Crippen molar-refractivity contribution in [1.29, 1.82) is 0 Å². The summed E-state index contributed by atoms with van der Waals surface area (Å²) in [5.74, 6) is 0.900. The number of nitrogens with two attached hydrogens (primary N) is 1. The molecule has 0 bridgehead atoms. The molecule has 0 fully saturated rings. The molecule has 0 spiro atoms. The number of thiophene rings is 1. The van der Waals surface area contributed by atoms with Crippen molar-refractivity contribution in [3.63, 3.8) is 0 Å². The first-order chi connectivity index (χ1) is 7.65. The van der Waals surface area contributed by atoms with Gasteiger partial charge in [0.15, 0.2) is 0 Å². The molecular formula is C11H9Cl2NS2. The fourth-order valence-corrected chi connectivity index (χ4v) is 3.49. The van der Waals surface area contributed by atoms with E-state index in [1.54, 1.807) is 23.1 Å². The number of hydrogen-bond donors (Lipinski definition) is 1. The van der Waals surface area contributed by atoms with Crippen LogP contribution in [0.3, 0.4) is 0 Å². The van der Waals surface area contributed by atoms with Crippen molar-refractivity contribution in [2.75, 3.05) is 5.73 Å². The van der Waals surface area contributed by atoms with Crippen molar-refractivity contribution in [3.05, 3.63) is 44.6 Å². The van der Waals surface area contributed by atoms with E-state index in [-0.39, 0.29) is 0 Å². The number of halogens is 2. The van der Waals surface area contributed by atoms with E-state index in [2.05, 4.69) is 0 Å². The lowest BCUT2D eigenvalue weighted by atomic mass is 10.3. The largest absolute Gasteiger partial charge is 0.398 e. The van der Waals surface area contributed by atoms with Crippen molar-refractivity contribution in [1.82, 2.24) is 0 Å². The summed E-state index contributed by atoms with van der Waals surface area (Å²) in [7, 11) is 0. The highest BCUT2D eigenvalue weighted by molar-refractivity contribution is 7.98. The molecule has 1 nitrogen and oxygen atoms in total. The monoisotopic (exact) mass is 289 g/mol. The Morgan fingerprint density at radius 1 is 1.19 bits per heavy atom. The van der Waals surface area contributed by atoms with E-state index < -0.39 is 0 Å². The van der Waals surface area contributed by atoms with Gasteiger partial charge in [0.2, 0.25) is 0 Å². The van der Waals surface area contributed by atoms with Crippen molar-refractivity contribution in [3.8, 4) is 0 Å². The summed E-state index contributed by atoms with van der Waals surface area (Å²) in [5.41, 5.74) is 6.26. The first-order valence-electron chi connectivity index (χ1n) is 4.57. The Bertz CT molecular complexity index is 496. The molecule has 0 saturated carbocycles. The van der Waals surface area contributed by atoms with Gasteiger partial charge in [0.25, 0.3) is 0 Å². The van der Waals surface area contributed by atoms with Crippen molar-refractivity contribution < 1.29 is 0 Å². The van der Waals surface area contributed by atoms with E-state index in [0.29, 0.717) is 10.7 Å². The lowest BCUT2D eigenvalue weighted by molar-refractivity contribution is 1.43. The van der Waals surface area contributed by atoms with E-state index in [4.69, 9.17) is 28.9 Å². The zero-order valence-corrected chi connectivity index (χ0v) is 11.4. The van der Waals surface area contributed by atoms with Gasteiger partial charge in [-0.15, -0.1) is 23.1 Å². The first-order valence-corrected chi connectivity index (χ1v) is 7.13. The van der Waals surface area contributed by atoms with E-state index in [1.807, 2.05) is 30.3 Å². The maximum atomic E-state index is 5.94. The predicted octanol–water partition coefficient (Wildman–Crippen LogP) is 4.93. The fraction of sp³-hybridized carbons (Fsp3) is 0.0909. The minimum Gasteiger partial charge on any atom is -0.398 e. The number of rotatable bonds is 3. The highest BCUT2D eigenvalue weighted by Gasteiger charge is 2.02. The van der Waals surface area contributed by atoms with Crippen molar-refractivity contribution in [2.24, 2.45) is 0 Å². The molecule has 0 atom stereocenters. The van der Waals surface area contributed by atoms with Crippen LogP contribution in [-0.2, 0) is 5.75 Å². The molecule has 16 heavy (non-hydrogen) atoms. The topological polar surface area (TPSA) is 26.0 Å². The van der Waals surface area contributed by atoms with Crippen LogP contribution in [-0.4, -0.2) is 0 Å². The van der Waals surface area contributed by atoms with Crippen LogP contribution in [0.2, 0.25) is 9.36 Å². The van der Waals surface area contributed by atoms with Crippen LogP contribution in [0, 0.1) is 0 Å². The molecule has 0 aliphatic rings. The molecule has 0 radical (unpaired) electrons. The van der Waals surface area contributed by atoms with Gasteiger partial charge in [0, 0.05) is 15.5 Å². The van der Waals surface area contributed by atoms with Crippen LogP contribution < -0.4 is 5.73 Å². The molecule has 0 amide bonds. The number of hydrogen-bond acceptors (Lipinski definition) is 3. The quantitative estimate of drug-likeness (QED) is 0.640. The fourth-order valence-electron chi connectivity index (χ4n) is 1.18. The molecule has 0 aliphatic carbocycles. The normalized spacial score (nSPS) is 10.6. The van der Waals surface area contributed by atoms with Gasteiger partial charge in [-0.1, -0.05) is 23.2 Å². The molecular weight excluding hydrogens is 281 g/mol. The van der Waals surface area contributed by atoms with Gasteiger partial charge in [-0.3, -0.25) is 0 Å². The molecule has 5 heteroatoms. The van der Waals surface area contributed by atoms with Gasteiger partial charge >= 0.3 is 0 Å². The summed E-state index contributed by atoms with van der Waals surface area (Å²) in [6.45, 7) is 0. The molecule has 0 saturated heterocycles. The Morgan fingerprint density at radius 3 is 2.62 bits per heavy atom. The first kappa shape index (κ1) is 12.1. The third kappa shape index (κ3) is 3.08. The number of nitrogen functional groups attached to an aromatic ring is 1. The third-order valence-electron chi connectivity index (χ3n) is 1.98. The standard InChI is InChI=1S/C11H9Cl2NS2/c12-9-5-7(1-3-10(9)14)15-6-8-2-4-11(13)16-8/h1-5H,6,14H2. The van der Waals surface area contributed by atoms with Crippen LogP contribution in [0.5, 0.6) is 0 Å². The molecule has 1 aromatic carbocycles. The third-order valence-corrected chi connectivity index (χ3v) is 4.77. The summed E-state index contributed by atoms with van der Waals surface area (Å²) >= 11 is 15.1. The Balaban J connectivity index is 2.02. The number of thioether (sulfide) groups is 1. The summed E-state index contributed by atoms with van der Waals surface area (Å²) in [6.07, 6.45) is 0. The predicted molar refractivity (Wildman–Crippen MR) is 74.8 cm³/mol. The molecule has 0 unspecified atom stereocenters. The van der Waals surface area contributed by atoms with Crippen molar-refractivity contribution in [2.45, 2.75) is 10.6 Å². The number of benzene rings is 1. The Morgan fingerprint density at radius 2 is 2.00 bits per heavy atom. The zero-order valence-electron chi connectivity index (χ0n) is 8.24. The second-order valence-electron chi connectivity index (χ2n) is 3.18. The molecule has 84 valence electrons. The van der Waals surface area contributed by atoms with Gasteiger partial charge in [-0.25, -0.2) is 0 Å². The van der Waals surface area contributed by atoms with Crippen molar-refractivity contribution >= 4 is 52.0 Å². The summed E-state index contributed by atoms with van der Waals surface area (Å²) in [4.78, 5) is 2.37. The maximum absolute atomic E-state index is 5.94. The summed E-state index contributed by atoms with van der Waals surface area (Å²) in [6, 6.07) is 9.64. The van der Waals surface area contributed by atoms with Gasteiger partial charge in [0.05, 0.1) is 15.0 Å². The smallest absolute Gasteiger partial charge is 0.0931 e. The van der Waals surface area contributed by atoms with E-state index in [9.17, 15) is 0 Å². The lowest BCUT2D eigenvalue weighted by Gasteiger charge is -2.02. The highest BCUT2D eigenvalue weighted by Crippen LogP contribution is 2.31. The van der Waals surface area contributed by atoms with E-state index >= 15 is 0 Å². The maximum Gasteiger partial charge on any atom is 0.0931 e. The van der Waals surface area contributed by atoms with E-state index in [1.165, 1.54) is 4.88 Å². The summed E-state index contributed by atoms with van der Waals surface area (Å²) < 4.78 is 0.825. The summed E-state index contributed by atoms with van der Waals surface area (Å²) in [5, 5.41) is 0.606. The van der Waals surface area contributed by atoms with Gasteiger partial charge in [-0.2, -0.15) is 0 Å². The van der Waals surface area contributed by atoms with E-state index in [0.717, 1.165) is 15.0 Å². The van der Waals surface area contributed by atoms with Crippen LogP contribution in [0.25, 0.3) is 0 Å². The SMILES string of the molecule is Nc1ccc(SCc2ccc(Cl)s2)cc1Cl. The van der Waals surface area contributed by atoms with Gasteiger partial charge in [-0.05, 0) is 30.3 Å². The average Bonchev–Trinajstić information content (AvgIpc) is 2.66. The average molecular weight is 290 g/mol. The minimum atomic E-state index is 0.606. The zero-order chi connectivity index (χ0) is 11.5. The minimum absolute atomic E-state index is 0.606. The van der Waals surface area contributed by atoms with Gasteiger partial charge < -0.3 is 5.73 Å². The lowest BCUT2D eigenvalue weighted by Crippen LogP contribution is -1.85. The molecule has 0 aliphatic heterocycles. The Labute approximate surface area is 113 Å². The van der Waals surface area contributed by atoms with Gasteiger partial charge in [0.1, 0.15) is 0 Å². The molecule has 1 heterocycles. The van der Waals surface area contributed by atoms with Crippen LogP contribution >= 0.6 is 46.3 Å². The second-order valence-corrected chi connectivity index (χ2v) is 6.43. The molecule has 2 N–H and O–H groups in total. The molecule has 2 rings (SSSR count). The molecule has 2 aromatic rings. The molecule has 1 aromatic heterocycles. The second kappa shape index (κ2) is 5.32. The van der Waals surface area contributed by atoms with Crippen LogP contribution in [0.4, 0.5) is 5.69 Å². The highest BCUT2D eigenvalue weighted by atomic mass is 35.5. The number of anilines is 1. The Hall–Kier alpha value is -0.350. The van der Waals surface area contributed by atoms with Crippen LogP contribution in [0.15, 0.2) is 35.2 Å². The van der Waals surface area contributed by atoms with Crippen LogP contribution in [0.1, 0.15) is 4.88 Å².